The lowest BCUT2D eigenvalue weighted by Gasteiger charge is -2.25. The first-order valence-corrected chi connectivity index (χ1v) is 6.10. The molecule has 0 fully saturated rings. The molecule has 0 saturated heterocycles. The zero-order chi connectivity index (χ0) is 14.0. The summed E-state index contributed by atoms with van der Waals surface area (Å²) in [5, 5.41) is 0. The maximum atomic E-state index is 13.2. The molecule has 0 aliphatic heterocycles. The van der Waals surface area contributed by atoms with E-state index in [9.17, 15) is 8.78 Å². The molecule has 2 N–H and O–H groups in total. The first-order valence-electron chi connectivity index (χ1n) is 6.10. The monoisotopic (exact) mass is 265 g/mol. The smallest absolute Gasteiger partial charge is 0.126 e. The number of halogens is 2. The van der Waals surface area contributed by atoms with Crippen molar-refractivity contribution in [2.45, 2.75) is 25.3 Å². The molecule has 102 valence electrons. The van der Waals surface area contributed by atoms with Crippen molar-refractivity contribution >= 4 is 0 Å². The molecule has 1 aromatic heterocycles. The number of benzene rings is 1. The minimum Gasteiger partial charge on any atom is -0.338 e. The van der Waals surface area contributed by atoms with Crippen LogP contribution in [0, 0.1) is 11.6 Å². The molecule has 5 heteroatoms. The molecule has 0 saturated carbocycles. The second-order valence-corrected chi connectivity index (χ2v) is 5.03. The Morgan fingerprint density at radius 2 is 1.89 bits per heavy atom. The molecule has 2 rings (SSSR count). The number of nitrogens with zero attached hydrogens (tertiary/aromatic N) is 2. The van der Waals surface area contributed by atoms with Crippen LogP contribution in [0.25, 0.3) is 0 Å². The number of aryl methyl sites for hydroxylation is 2. The molecule has 0 aliphatic carbocycles. The number of hydrogen-bond acceptors (Lipinski definition) is 2. The van der Waals surface area contributed by atoms with Crippen LogP contribution in [0.2, 0.25) is 0 Å². The molecular weight excluding hydrogens is 248 g/mol. The summed E-state index contributed by atoms with van der Waals surface area (Å²) in [5.41, 5.74) is 5.83. The van der Waals surface area contributed by atoms with E-state index in [1.165, 1.54) is 12.1 Å². The van der Waals surface area contributed by atoms with Gasteiger partial charge in [0.05, 0.1) is 0 Å². The van der Waals surface area contributed by atoms with Gasteiger partial charge in [-0.15, -0.1) is 0 Å². The van der Waals surface area contributed by atoms with Crippen LogP contribution in [-0.2, 0) is 19.0 Å². The summed E-state index contributed by atoms with van der Waals surface area (Å²) in [5.74, 6) is -0.319. The second-order valence-electron chi connectivity index (χ2n) is 5.03. The van der Waals surface area contributed by atoms with Crippen molar-refractivity contribution in [1.82, 2.24) is 9.55 Å². The minimum atomic E-state index is -0.797. The Balaban J connectivity index is 2.15. The van der Waals surface area contributed by atoms with Gasteiger partial charge in [0.1, 0.15) is 17.5 Å². The average Bonchev–Trinajstić information content (AvgIpc) is 2.71. The van der Waals surface area contributed by atoms with Crippen molar-refractivity contribution in [3.05, 3.63) is 53.6 Å². The predicted molar refractivity (Wildman–Crippen MR) is 69.4 cm³/mol. The Morgan fingerprint density at radius 3 is 2.42 bits per heavy atom. The van der Waals surface area contributed by atoms with Gasteiger partial charge in [-0.1, -0.05) is 0 Å². The fourth-order valence-corrected chi connectivity index (χ4v) is 2.04. The van der Waals surface area contributed by atoms with Crippen LogP contribution in [0.1, 0.15) is 24.7 Å². The van der Waals surface area contributed by atoms with Crippen molar-refractivity contribution in [1.29, 1.82) is 0 Å². The topological polar surface area (TPSA) is 43.8 Å². The average molecular weight is 265 g/mol. The van der Waals surface area contributed by atoms with E-state index < -0.39 is 17.2 Å². The van der Waals surface area contributed by atoms with Crippen molar-refractivity contribution in [2.24, 2.45) is 12.8 Å². The molecule has 3 nitrogen and oxygen atoms in total. The lowest BCUT2D eigenvalue weighted by molar-refractivity contribution is 0.437. The minimum absolute atomic E-state index is 0.458. The highest BCUT2D eigenvalue weighted by molar-refractivity contribution is 5.25. The molecule has 0 bridgehead atoms. The number of nitrogens with two attached hydrogens (primary N) is 1. The van der Waals surface area contributed by atoms with Crippen molar-refractivity contribution in [3.8, 4) is 0 Å². The van der Waals surface area contributed by atoms with Gasteiger partial charge in [0.2, 0.25) is 0 Å². The van der Waals surface area contributed by atoms with Crippen LogP contribution >= 0.6 is 0 Å². The fourth-order valence-electron chi connectivity index (χ4n) is 2.04. The summed E-state index contributed by atoms with van der Waals surface area (Å²) in [6.45, 7) is 1.77. The third kappa shape index (κ3) is 3.17. The Labute approximate surface area is 111 Å². The van der Waals surface area contributed by atoms with Crippen LogP contribution in [0.15, 0.2) is 30.6 Å². The highest BCUT2D eigenvalue weighted by Gasteiger charge is 2.23. The van der Waals surface area contributed by atoms with Crippen LogP contribution in [0.3, 0.4) is 0 Å². The summed E-state index contributed by atoms with van der Waals surface area (Å²) in [4.78, 5) is 4.21. The largest absolute Gasteiger partial charge is 0.338 e. The molecule has 1 heterocycles. The Bertz CT molecular complexity index is 556. The van der Waals surface area contributed by atoms with Crippen LogP contribution in [-0.4, -0.2) is 9.55 Å². The van der Waals surface area contributed by atoms with E-state index in [0.29, 0.717) is 18.4 Å². The quantitative estimate of drug-likeness (QED) is 0.923. The molecule has 0 aliphatic rings. The molecule has 1 unspecified atom stereocenters. The summed E-state index contributed by atoms with van der Waals surface area (Å²) in [7, 11) is 1.90. The van der Waals surface area contributed by atoms with Gasteiger partial charge in [-0.25, -0.2) is 13.8 Å². The molecule has 2 aromatic rings. The number of hydrogen-bond donors (Lipinski definition) is 1. The van der Waals surface area contributed by atoms with Gasteiger partial charge < -0.3 is 10.3 Å². The SMILES string of the molecule is Cn1ccnc1CCC(C)(N)c1cc(F)cc(F)c1. The van der Waals surface area contributed by atoms with Crippen LogP contribution in [0.5, 0.6) is 0 Å². The van der Waals surface area contributed by atoms with E-state index in [-0.39, 0.29) is 0 Å². The van der Waals surface area contributed by atoms with Gasteiger partial charge in [0, 0.05) is 37.5 Å². The number of rotatable bonds is 4. The fraction of sp³-hybridized carbons (Fsp3) is 0.357. The highest BCUT2D eigenvalue weighted by Crippen LogP contribution is 2.24. The molecule has 1 atom stereocenters. The van der Waals surface area contributed by atoms with Crippen molar-refractivity contribution in [3.63, 3.8) is 0 Å². The summed E-state index contributed by atoms with van der Waals surface area (Å²) >= 11 is 0. The van der Waals surface area contributed by atoms with E-state index in [4.69, 9.17) is 5.73 Å². The first-order chi connectivity index (χ1) is 8.88. The zero-order valence-electron chi connectivity index (χ0n) is 11.0. The molecule has 0 amide bonds. The third-order valence-electron chi connectivity index (χ3n) is 3.31. The zero-order valence-corrected chi connectivity index (χ0v) is 11.0. The standard InChI is InChI=1S/C14H17F2N3/c1-14(17,4-3-13-18-5-6-19(13)2)10-7-11(15)9-12(16)8-10/h5-9H,3-4,17H2,1-2H3. The highest BCUT2D eigenvalue weighted by atomic mass is 19.1. The maximum Gasteiger partial charge on any atom is 0.126 e. The lowest BCUT2D eigenvalue weighted by Crippen LogP contribution is -2.34. The molecule has 0 spiro atoms. The summed E-state index contributed by atoms with van der Waals surface area (Å²) in [6, 6.07) is 3.40. The molecule has 19 heavy (non-hydrogen) atoms. The lowest BCUT2D eigenvalue weighted by atomic mass is 9.88. The van der Waals surface area contributed by atoms with Crippen molar-refractivity contribution in [2.75, 3.05) is 0 Å². The Hall–Kier alpha value is -1.75. The van der Waals surface area contributed by atoms with E-state index >= 15 is 0 Å². The number of aromatic nitrogens is 2. The van der Waals surface area contributed by atoms with Crippen LogP contribution < -0.4 is 5.73 Å². The second kappa shape index (κ2) is 5.09. The summed E-state index contributed by atoms with van der Waals surface area (Å²) in [6.07, 6.45) is 4.77. The maximum absolute atomic E-state index is 13.2. The van der Waals surface area contributed by atoms with E-state index in [2.05, 4.69) is 4.98 Å². The van der Waals surface area contributed by atoms with E-state index in [0.717, 1.165) is 11.9 Å². The predicted octanol–water partition coefficient (Wildman–Crippen LogP) is 2.51. The Kier molecular flexibility index (Phi) is 3.66. The molecular formula is C14H17F2N3. The summed E-state index contributed by atoms with van der Waals surface area (Å²) < 4.78 is 28.4. The van der Waals surface area contributed by atoms with Crippen molar-refractivity contribution < 1.29 is 8.78 Å². The van der Waals surface area contributed by atoms with Crippen LogP contribution in [0.4, 0.5) is 8.78 Å². The van der Waals surface area contributed by atoms with Gasteiger partial charge in [-0.3, -0.25) is 0 Å². The van der Waals surface area contributed by atoms with E-state index in [1.807, 2.05) is 17.8 Å². The van der Waals surface area contributed by atoms with E-state index in [1.54, 1.807) is 13.1 Å². The first kappa shape index (κ1) is 13.7. The molecule has 0 radical (unpaired) electrons. The van der Waals surface area contributed by atoms with Gasteiger partial charge in [0.25, 0.3) is 0 Å². The third-order valence-corrected chi connectivity index (χ3v) is 3.31. The van der Waals surface area contributed by atoms with Gasteiger partial charge in [-0.05, 0) is 31.0 Å². The number of imidazole rings is 1. The van der Waals surface area contributed by atoms with Gasteiger partial charge in [0.15, 0.2) is 0 Å². The molecule has 1 aromatic carbocycles. The Morgan fingerprint density at radius 1 is 1.26 bits per heavy atom. The normalized spacial score (nSPS) is 14.4. The van der Waals surface area contributed by atoms with Gasteiger partial charge >= 0.3 is 0 Å². The van der Waals surface area contributed by atoms with Gasteiger partial charge in [-0.2, -0.15) is 0 Å².